The van der Waals surface area contributed by atoms with Gasteiger partial charge in [0, 0.05) is 11.3 Å². The highest BCUT2D eigenvalue weighted by atomic mass is 35.5. The van der Waals surface area contributed by atoms with Gasteiger partial charge in [-0.05, 0) is 30.3 Å². The number of anilines is 2. The molecule has 25 heavy (non-hydrogen) atoms. The summed E-state index contributed by atoms with van der Waals surface area (Å²) in [6.07, 6.45) is -4.44. The van der Waals surface area contributed by atoms with Crippen molar-refractivity contribution in [1.29, 1.82) is 0 Å². The Morgan fingerprint density at radius 3 is 2.44 bits per heavy atom. The zero-order valence-electron chi connectivity index (χ0n) is 12.6. The highest BCUT2D eigenvalue weighted by Crippen LogP contribution is 2.39. The first-order valence-electron chi connectivity index (χ1n) is 6.68. The maximum Gasteiger partial charge on any atom is 0.417 e. The van der Waals surface area contributed by atoms with Gasteiger partial charge in [-0.2, -0.15) is 13.2 Å². The first-order chi connectivity index (χ1) is 11.7. The van der Waals surface area contributed by atoms with Crippen LogP contribution in [-0.4, -0.2) is 19.4 Å². The lowest BCUT2D eigenvalue weighted by Gasteiger charge is -2.16. The lowest BCUT2D eigenvalue weighted by atomic mass is 10.1. The quantitative estimate of drug-likeness (QED) is 0.472. The van der Waals surface area contributed by atoms with E-state index in [0.717, 1.165) is 31.4 Å². The minimum absolute atomic E-state index is 0.0111. The first kappa shape index (κ1) is 18.7. The molecule has 0 aliphatic carbocycles. The van der Waals surface area contributed by atoms with Crippen molar-refractivity contribution >= 4 is 35.2 Å². The molecule has 0 spiro atoms. The molecule has 0 saturated carbocycles. The molecule has 1 N–H and O–H groups in total. The molecule has 0 aromatic heterocycles. The smallest absolute Gasteiger partial charge is 0.417 e. The molecular formula is C16H10ClF4NO3. The molecule has 9 heteroatoms. The summed E-state index contributed by atoms with van der Waals surface area (Å²) < 4.78 is 56.8. The molecule has 0 atom stereocenters. The third-order valence-corrected chi connectivity index (χ3v) is 3.54. The summed E-state index contributed by atoms with van der Waals surface area (Å²) in [5.74, 6) is -1.64. The minimum Gasteiger partial charge on any atom is -0.465 e. The number of nitrogens with one attached hydrogen (secondary N) is 1. The number of carbonyl (C=O) groups is 2. The molecule has 0 radical (unpaired) electrons. The van der Waals surface area contributed by atoms with Gasteiger partial charge in [-0.25, -0.2) is 9.18 Å². The van der Waals surface area contributed by atoms with Crippen molar-refractivity contribution in [1.82, 2.24) is 0 Å². The fraction of sp³-hybridized carbons (Fsp3) is 0.125. The van der Waals surface area contributed by atoms with E-state index in [0.29, 0.717) is 12.4 Å². The summed E-state index contributed by atoms with van der Waals surface area (Å²) in [6.45, 7) is 0. The molecule has 0 fully saturated rings. The Hall–Kier alpha value is -2.61. The van der Waals surface area contributed by atoms with Crippen LogP contribution in [0.2, 0.25) is 5.02 Å². The molecule has 0 aliphatic heterocycles. The van der Waals surface area contributed by atoms with Gasteiger partial charge in [0.05, 0.1) is 28.9 Å². The number of halogens is 5. The minimum atomic E-state index is -4.77. The van der Waals surface area contributed by atoms with Gasteiger partial charge in [0.2, 0.25) is 0 Å². The van der Waals surface area contributed by atoms with Crippen LogP contribution in [0.3, 0.4) is 0 Å². The lowest BCUT2D eigenvalue weighted by Crippen LogP contribution is -2.12. The second-order valence-corrected chi connectivity index (χ2v) is 5.25. The monoisotopic (exact) mass is 375 g/mol. The van der Waals surface area contributed by atoms with Gasteiger partial charge >= 0.3 is 12.1 Å². The van der Waals surface area contributed by atoms with E-state index in [2.05, 4.69) is 10.1 Å². The Bertz CT molecular complexity index is 837. The van der Waals surface area contributed by atoms with Crippen molar-refractivity contribution < 1.29 is 31.9 Å². The van der Waals surface area contributed by atoms with Crippen molar-refractivity contribution in [2.45, 2.75) is 6.18 Å². The van der Waals surface area contributed by atoms with Crippen molar-refractivity contribution in [3.05, 3.63) is 57.9 Å². The molecule has 2 aromatic carbocycles. The Morgan fingerprint density at radius 1 is 1.20 bits per heavy atom. The molecule has 0 unspecified atom stereocenters. The van der Waals surface area contributed by atoms with Gasteiger partial charge in [0.15, 0.2) is 6.29 Å². The number of carbonyl (C=O) groups excluding carboxylic acids is 2. The number of hydrogen-bond acceptors (Lipinski definition) is 4. The molecule has 0 bridgehead atoms. The Morgan fingerprint density at radius 2 is 1.88 bits per heavy atom. The van der Waals surface area contributed by atoms with E-state index >= 15 is 0 Å². The van der Waals surface area contributed by atoms with E-state index in [1.165, 1.54) is 0 Å². The van der Waals surface area contributed by atoms with Gasteiger partial charge in [0.1, 0.15) is 5.82 Å². The van der Waals surface area contributed by atoms with E-state index in [-0.39, 0.29) is 22.5 Å². The van der Waals surface area contributed by atoms with Crippen LogP contribution in [0.1, 0.15) is 26.3 Å². The molecule has 132 valence electrons. The van der Waals surface area contributed by atoms with E-state index < -0.39 is 28.5 Å². The average molecular weight is 376 g/mol. The third kappa shape index (κ3) is 4.08. The molecule has 0 heterocycles. The van der Waals surface area contributed by atoms with Crippen LogP contribution in [0, 0.1) is 5.82 Å². The molecule has 0 aliphatic rings. The fourth-order valence-corrected chi connectivity index (χ4v) is 2.33. The average Bonchev–Trinajstić information content (AvgIpc) is 2.55. The van der Waals surface area contributed by atoms with Crippen LogP contribution in [0.5, 0.6) is 0 Å². The zero-order chi connectivity index (χ0) is 18.8. The highest BCUT2D eigenvalue weighted by Gasteiger charge is 2.35. The van der Waals surface area contributed by atoms with Crippen molar-refractivity contribution in [2.75, 3.05) is 12.4 Å². The van der Waals surface area contributed by atoms with Crippen LogP contribution in [0.25, 0.3) is 0 Å². The lowest BCUT2D eigenvalue weighted by molar-refractivity contribution is -0.137. The predicted octanol–water partition coefficient (Wildman–Crippen LogP) is 4.84. The predicted molar refractivity (Wildman–Crippen MR) is 82.9 cm³/mol. The largest absolute Gasteiger partial charge is 0.465 e. The zero-order valence-corrected chi connectivity index (χ0v) is 13.3. The number of hydrogen-bond donors (Lipinski definition) is 1. The second kappa shape index (κ2) is 7.10. The second-order valence-electron chi connectivity index (χ2n) is 4.84. The molecule has 0 saturated heterocycles. The van der Waals surface area contributed by atoms with Crippen molar-refractivity contribution in [3.63, 3.8) is 0 Å². The van der Waals surface area contributed by atoms with E-state index in [9.17, 15) is 27.2 Å². The van der Waals surface area contributed by atoms with Gasteiger partial charge in [-0.15, -0.1) is 0 Å². The fourth-order valence-electron chi connectivity index (χ4n) is 2.06. The SMILES string of the molecule is COC(=O)c1cc(Cl)c(C(F)(F)F)cc1Nc1ccc(F)cc1C=O. The van der Waals surface area contributed by atoms with E-state index in [4.69, 9.17) is 11.6 Å². The number of alkyl halides is 3. The highest BCUT2D eigenvalue weighted by molar-refractivity contribution is 6.32. The third-order valence-electron chi connectivity index (χ3n) is 3.23. The number of esters is 1. The summed E-state index contributed by atoms with van der Waals surface area (Å²) in [6, 6.07) is 4.48. The summed E-state index contributed by atoms with van der Waals surface area (Å²) in [7, 11) is 1.05. The Kier molecular flexibility index (Phi) is 5.32. The molecule has 4 nitrogen and oxygen atoms in total. The van der Waals surface area contributed by atoms with E-state index in [1.54, 1.807) is 0 Å². The summed E-state index contributed by atoms with van der Waals surface area (Å²) in [4.78, 5) is 22.8. The van der Waals surface area contributed by atoms with Gasteiger partial charge in [0.25, 0.3) is 0 Å². The van der Waals surface area contributed by atoms with Crippen LogP contribution in [0.4, 0.5) is 28.9 Å². The van der Waals surface area contributed by atoms with Crippen LogP contribution >= 0.6 is 11.6 Å². The van der Waals surface area contributed by atoms with Crippen molar-refractivity contribution in [3.8, 4) is 0 Å². The van der Waals surface area contributed by atoms with Crippen molar-refractivity contribution in [2.24, 2.45) is 0 Å². The number of ether oxygens (including phenoxy) is 1. The standard InChI is InChI=1S/C16H10ClF4NO3/c1-25-15(24)10-5-12(17)11(16(19,20)21)6-14(10)22-13-3-2-9(18)4-8(13)7-23/h2-7,22H,1H3. The summed E-state index contributed by atoms with van der Waals surface area (Å²) in [5.41, 5.74) is -1.88. The van der Waals surface area contributed by atoms with Crippen LogP contribution in [0.15, 0.2) is 30.3 Å². The Labute approximate surface area is 144 Å². The number of rotatable bonds is 4. The maximum atomic E-state index is 13.2. The van der Waals surface area contributed by atoms with Gasteiger partial charge in [-0.3, -0.25) is 4.79 Å². The summed E-state index contributed by atoms with van der Waals surface area (Å²) >= 11 is 5.61. The number of methoxy groups -OCH3 is 1. The summed E-state index contributed by atoms with van der Waals surface area (Å²) in [5, 5.41) is 1.83. The maximum absolute atomic E-state index is 13.2. The van der Waals surface area contributed by atoms with Gasteiger partial charge < -0.3 is 10.1 Å². The van der Waals surface area contributed by atoms with Crippen LogP contribution in [-0.2, 0) is 10.9 Å². The normalized spacial score (nSPS) is 11.1. The molecule has 2 rings (SSSR count). The van der Waals surface area contributed by atoms with Crippen LogP contribution < -0.4 is 5.32 Å². The van der Waals surface area contributed by atoms with E-state index in [1.807, 2.05) is 0 Å². The molecular weight excluding hydrogens is 366 g/mol. The van der Waals surface area contributed by atoms with Gasteiger partial charge in [-0.1, -0.05) is 11.6 Å². The Balaban J connectivity index is 2.62. The molecule has 0 amide bonds. The topological polar surface area (TPSA) is 55.4 Å². The number of aldehydes is 1. The first-order valence-corrected chi connectivity index (χ1v) is 7.06. The molecule has 2 aromatic rings. The number of benzene rings is 2.